The van der Waals surface area contributed by atoms with E-state index >= 15 is 0 Å². The Morgan fingerprint density at radius 3 is 1.93 bits per heavy atom. The summed E-state index contributed by atoms with van der Waals surface area (Å²) in [4.78, 5) is 1.98. The minimum atomic E-state index is -4.13. The summed E-state index contributed by atoms with van der Waals surface area (Å²) in [6, 6.07) is 33.0. The molecule has 0 saturated carbocycles. The smallest absolute Gasteiger partial charge is 0.374 e. The zero-order valence-corrected chi connectivity index (χ0v) is 32.1. The molecule has 14 heteroatoms. The van der Waals surface area contributed by atoms with E-state index in [1.807, 2.05) is 125 Å². The molecule has 1 aliphatic rings. The Kier molecular flexibility index (Phi) is 9.36. The van der Waals surface area contributed by atoms with Crippen molar-refractivity contribution in [2.45, 2.75) is 32.2 Å². The third kappa shape index (κ3) is 7.52. The van der Waals surface area contributed by atoms with Crippen LogP contribution in [0.3, 0.4) is 0 Å². The minimum Gasteiger partial charge on any atom is -0.456 e. The van der Waals surface area contributed by atoms with E-state index in [1.54, 1.807) is 0 Å². The fourth-order valence-electron chi connectivity index (χ4n) is 7.53. The van der Waals surface area contributed by atoms with Gasteiger partial charge in [0.25, 0.3) is 25.8 Å². The lowest BCUT2D eigenvalue weighted by molar-refractivity contribution is -0.678. The van der Waals surface area contributed by atoms with Crippen molar-refractivity contribution in [2.75, 3.05) is 23.0 Å². The molecule has 57 heavy (non-hydrogen) atoms. The lowest BCUT2D eigenvalue weighted by Gasteiger charge is -2.18. The first kappa shape index (κ1) is 36.7. The number of rotatable bonds is 13. The van der Waals surface area contributed by atoms with Gasteiger partial charge in [-0.2, -0.15) is 21.4 Å². The fourth-order valence-corrected chi connectivity index (χ4v) is 8.67. The lowest BCUT2D eigenvalue weighted by Crippen LogP contribution is -2.35. The van der Waals surface area contributed by atoms with Gasteiger partial charge < -0.3 is 22.9 Å². The van der Waals surface area contributed by atoms with Gasteiger partial charge in [-0.25, -0.2) is 0 Å². The zero-order chi connectivity index (χ0) is 39.3. The molecule has 0 aliphatic carbocycles. The summed E-state index contributed by atoms with van der Waals surface area (Å²) in [5.41, 5.74) is 6.55. The number of oxazole rings is 1. The SMILES string of the molecule is O=S(=O)(O)CCCCN1/C(=C/C(=C/c2oc3cc4c(cc3[n+]2CCCCS(=O)(=O)O)oc2ccccc24)c2ccccc2)Oc2cc3c(cc21)oc1ccccc13. The maximum absolute atomic E-state index is 11.6. The second kappa shape index (κ2) is 14.5. The van der Waals surface area contributed by atoms with E-state index in [0.717, 1.165) is 55.1 Å². The number of unbranched alkanes of at least 4 members (excludes halogenated alkanes) is 2. The highest BCUT2D eigenvalue weighted by molar-refractivity contribution is 7.86. The van der Waals surface area contributed by atoms with Crippen molar-refractivity contribution in [3.8, 4) is 5.75 Å². The highest BCUT2D eigenvalue weighted by Crippen LogP contribution is 2.45. The second-order valence-corrected chi connectivity index (χ2v) is 17.3. The maximum Gasteiger partial charge on any atom is 0.374 e. The number of para-hydroxylation sites is 2. The topological polar surface area (TPSA) is 165 Å². The van der Waals surface area contributed by atoms with Crippen molar-refractivity contribution in [1.29, 1.82) is 0 Å². The van der Waals surface area contributed by atoms with Gasteiger partial charge in [-0.15, -0.1) is 0 Å². The Bertz CT molecular complexity index is 3120. The first-order valence-electron chi connectivity index (χ1n) is 18.5. The number of aryl methyl sites for hydroxylation is 1. The molecule has 0 atom stereocenters. The summed E-state index contributed by atoms with van der Waals surface area (Å²) in [5.74, 6) is 0.867. The summed E-state index contributed by atoms with van der Waals surface area (Å²) in [5, 5.41) is 3.69. The average molecular weight is 806 g/mol. The molecule has 0 fully saturated rings. The molecule has 0 bridgehead atoms. The van der Waals surface area contributed by atoms with Gasteiger partial charge in [0, 0.05) is 46.7 Å². The van der Waals surface area contributed by atoms with Crippen LogP contribution in [0.1, 0.15) is 37.1 Å². The number of hydrogen-bond acceptors (Lipinski definition) is 9. The van der Waals surface area contributed by atoms with E-state index in [9.17, 15) is 25.9 Å². The molecule has 4 heterocycles. The lowest BCUT2D eigenvalue weighted by atomic mass is 10.0. The Balaban J connectivity index is 1.17. The molecule has 0 spiro atoms. The number of furan rings is 2. The molecule has 0 radical (unpaired) electrons. The third-order valence-electron chi connectivity index (χ3n) is 10.2. The number of aromatic nitrogens is 1. The molecule has 9 rings (SSSR count). The number of ether oxygens (including phenoxy) is 1. The number of nitrogens with zero attached hydrogens (tertiary/aromatic N) is 2. The molecule has 5 aromatic carbocycles. The van der Waals surface area contributed by atoms with E-state index in [4.69, 9.17) is 18.0 Å². The van der Waals surface area contributed by atoms with Crippen LogP contribution in [0.5, 0.6) is 5.75 Å². The van der Waals surface area contributed by atoms with Gasteiger partial charge in [0.05, 0.1) is 29.3 Å². The van der Waals surface area contributed by atoms with E-state index < -0.39 is 20.2 Å². The Morgan fingerprint density at radius 1 is 0.632 bits per heavy atom. The predicted molar refractivity (Wildman–Crippen MR) is 219 cm³/mol. The molecular weight excluding hydrogens is 769 g/mol. The van der Waals surface area contributed by atoms with E-state index in [0.29, 0.717) is 60.2 Å². The molecular formula is C43H37N2O10S2+. The van der Waals surface area contributed by atoms with Crippen LogP contribution in [0.25, 0.3) is 66.6 Å². The fraction of sp³-hybridized carbons (Fsp3) is 0.186. The van der Waals surface area contributed by atoms with Crippen molar-refractivity contribution < 1.29 is 48.5 Å². The first-order chi connectivity index (χ1) is 27.5. The Morgan fingerprint density at radius 2 is 1.25 bits per heavy atom. The van der Waals surface area contributed by atoms with Gasteiger partial charge in [-0.3, -0.25) is 9.11 Å². The summed E-state index contributed by atoms with van der Waals surface area (Å²) in [6.07, 6.45) is 5.17. The van der Waals surface area contributed by atoms with E-state index in [2.05, 4.69) is 0 Å². The van der Waals surface area contributed by atoms with Crippen molar-refractivity contribution >= 4 is 92.5 Å². The summed E-state index contributed by atoms with van der Waals surface area (Å²) in [7, 11) is -8.26. The molecule has 0 saturated heterocycles. The molecule has 3 aromatic heterocycles. The predicted octanol–water partition coefficient (Wildman–Crippen LogP) is 9.14. The number of allylic oxidation sites excluding steroid dienone is 2. The summed E-state index contributed by atoms with van der Waals surface area (Å²) >= 11 is 0. The summed E-state index contributed by atoms with van der Waals surface area (Å²) < 4.78 is 92.7. The van der Waals surface area contributed by atoms with Crippen LogP contribution in [0.15, 0.2) is 128 Å². The van der Waals surface area contributed by atoms with Gasteiger partial charge in [-0.1, -0.05) is 66.7 Å². The van der Waals surface area contributed by atoms with Crippen LogP contribution in [0.2, 0.25) is 0 Å². The van der Waals surface area contributed by atoms with Gasteiger partial charge in [0.2, 0.25) is 11.5 Å². The van der Waals surface area contributed by atoms with Crippen molar-refractivity contribution in [3.05, 3.63) is 127 Å². The molecule has 290 valence electrons. The molecule has 0 unspecified atom stereocenters. The highest BCUT2D eigenvalue weighted by atomic mass is 32.2. The van der Waals surface area contributed by atoms with Gasteiger partial charge in [0.15, 0.2) is 12.3 Å². The van der Waals surface area contributed by atoms with Gasteiger partial charge in [0.1, 0.15) is 22.3 Å². The van der Waals surface area contributed by atoms with Crippen LogP contribution in [-0.2, 0) is 26.8 Å². The maximum atomic E-state index is 11.6. The second-order valence-electron chi connectivity index (χ2n) is 14.1. The van der Waals surface area contributed by atoms with Crippen molar-refractivity contribution in [3.63, 3.8) is 0 Å². The standard InChI is InChI=1S/C43H36N2O10S2/c46-56(47,48)20-10-8-18-44-34-26-38-32(30-14-4-6-16-36(30)52-38)24-40(34)54-42(44)22-29(28-12-2-1-3-13-28)23-43-45(19-9-11-21-57(49,50)51)35-27-39-33(25-41(35)55-43)31-15-5-7-17-37(31)53-39/h1-7,12-17,22-27H,8-11,18-21H2,(H-,46,47,48,49,50,51)/p+1. The van der Waals surface area contributed by atoms with Gasteiger partial charge in [-0.05, 0) is 54.7 Å². The van der Waals surface area contributed by atoms with Crippen LogP contribution < -0.4 is 14.2 Å². The molecule has 12 nitrogen and oxygen atoms in total. The van der Waals surface area contributed by atoms with Crippen molar-refractivity contribution in [1.82, 2.24) is 0 Å². The molecule has 8 aromatic rings. The van der Waals surface area contributed by atoms with Crippen LogP contribution >= 0.6 is 0 Å². The quantitative estimate of drug-likeness (QED) is 0.0649. The van der Waals surface area contributed by atoms with Crippen LogP contribution in [0, 0.1) is 0 Å². The number of anilines is 1. The molecule has 2 N–H and O–H groups in total. The van der Waals surface area contributed by atoms with Crippen LogP contribution in [-0.4, -0.2) is 44.0 Å². The van der Waals surface area contributed by atoms with Crippen molar-refractivity contribution in [2.24, 2.45) is 0 Å². The monoisotopic (exact) mass is 805 g/mol. The average Bonchev–Trinajstić information content (AvgIpc) is 3.92. The van der Waals surface area contributed by atoms with E-state index in [-0.39, 0.29) is 24.3 Å². The number of benzene rings is 5. The first-order valence-corrected chi connectivity index (χ1v) is 21.8. The largest absolute Gasteiger partial charge is 0.456 e. The molecule has 0 amide bonds. The zero-order valence-electron chi connectivity index (χ0n) is 30.5. The third-order valence-corrected chi connectivity index (χ3v) is 11.8. The summed E-state index contributed by atoms with van der Waals surface area (Å²) in [6.45, 7) is 0.765. The highest BCUT2D eigenvalue weighted by Gasteiger charge is 2.30. The Hall–Kier alpha value is -5.93. The normalized spacial score (nSPS) is 14.5. The minimum absolute atomic E-state index is 0.237. The van der Waals surface area contributed by atoms with Gasteiger partial charge >= 0.3 is 5.89 Å². The van der Waals surface area contributed by atoms with E-state index in [1.165, 1.54) is 0 Å². The molecule has 1 aliphatic heterocycles. The van der Waals surface area contributed by atoms with Crippen LogP contribution in [0.4, 0.5) is 5.69 Å². The number of fused-ring (bicyclic) bond motifs is 8. The number of hydrogen-bond donors (Lipinski definition) is 2. The Labute approximate surface area is 327 Å².